The highest BCUT2D eigenvalue weighted by atomic mass is 19.4. The number of para-hydroxylation sites is 2. The van der Waals surface area contributed by atoms with Crippen LogP contribution in [0, 0.1) is 6.92 Å². The number of benzene rings is 2. The molecular weight excluding hydrogens is 449 g/mol. The van der Waals surface area contributed by atoms with Gasteiger partial charge in [-0.1, -0.05) is 18.2 Å². The molecule has 34 heavy (non-hydrogen) atoms. The molecule has 0 saturated carbocycles. The molecule has 0 fully saturated rings. The number of nitrogens with two attached hydrogens (primary N) is 2. The monoisotopic (exact) mass is 470 g/mol. The van der Waals surface area contributed by atoms with Gasteiger partial charge in [-0.25, -0.2) is 9.50 Å². The number of primary amides is 1. The zero-order chi connectivity index (χ0) is 24.5. The van der Waals surface area contributed by atoms with E-state index >= 15 is 0 Å². The van der Waals surface area contributed by atoms with Gasteiger partial charge < -0.3 is 21.5 Å². The predicted octanol–water partition coefficient (Wildman–Crippen LogP) is 4.54. The minimum atomic E-state index is -4.31. The number of fused-ring (bicyclic) bond motifs is 1. The number of amides is 1. The van der Waals surface area contributed by atoms with Crippen LogP contribution in [0.1, 0.15) is 22.3 Å². The van der Waals surface area contributed by atoms with Gasteiger partial charge in [-0.2, -0.15) is 13.2 Å². The Bertz CT molecular complexity index is 1370. The first-order valence-electron chi connectivity index (χ1n) is 10.2. The van der Waals surface area contributed by atoms with Crippen molar-refractivity contribution < 1.29 is 22.7 Å². The van der Waals surface area contributed by atoms with E-state index in [1.807, 2.05) is 0 Å². The SMILES string of the molecule is Cc1cc(-c2cnc3c(NCCC(F)(F)F)cc(Oc4ccccc4N)nn23)ccc1C(N)=O. The number of hydrogen-bond acceptors (Lipinski definition) is 6. The minimum Gasteiger partial charge on any atom is -0.435 e. The lowest BCUT2D eigenvalue weighted by Gasteiger charge is -2.13. The number of aromatic nitrogens is 3. The lowest BCUT2D eigenvalue weighted by atomic mass is 10.0. The van der Waals surface area contributed by atoms with Crippen molar-refractivity contribution >= 4 is 22.9 Å². The van der Waals surface area contributed by atoms with Crippen molar-refractivity contribution in [1.82, 2.24) is 14.6 Å². The molecule has 11 heteroatoms. The van der Waals surface area contributed by atoms with E-state index in [0.717, 1.165) is 0 Å². The maximum atomic E-state index is 12.7. The number of aryl methyl sites for hydroxylation is 1. The molecule has 0 atom stereocenters. The van der Waals surface area contributed by atoms with E-state index in [2.05, 4.69) is 15.4 Å². The van der Waals surface area contributed by atoms with Crippen LogP contribution in [0.2, 0.25) is 0 Å². The van der Waals surface area contributed by atoms with E-state index in [1.54, 1.807) is 49.4 Å². The molecule has 2 heterocycles. The smallest absolute Gasteiger partial charge is 0.390 e. The molecule has 0 aliphatic heterocycles. The first-order valence-corrected chi connectivity index (χ1v) is 10.2. The van der Waals surface area contributed by atoms with E-state index in [4.69, 9.17) is 16.2 Å². The number of imidazole rings is 1. The van der Waals surface area contributed by atoms with Gasteiger partial charge >= 0.3 is 6.18 Å². The molecule has 4 rings (SSSR count). The lowest BCUT2D eigenvalue weighted by molar-refractivity contribution is -0.131. The Hall–Kier alpha value is -4.28. The standard InChI is InChI=1S/C23H21F3N6O2/c1-13-10-14(6-7-15(13)21(28)33)18-12-30-22-17(29-9-8-23(24,25)26)11-20(31-32(18)22)34-19-5-3-2-4-16(19)27/h2-7,10-12,29H,8-9,27H2,1H3,(H2,28,33). The fourth-order valence-electron chi connectivity index (χ4n) is 3.45. The second kappa shape index (κ2) is 8.93. The fraction of sp³-hybridized carbons (Fsp3) is 0.174. The molecule has 2 aromatic carbocycles. The van der Waals surface area contributed by atoms with Crippen LogP contribution in [0.25, 0.3) is 16.9 Å². The summed E-state index contributed by atoms with van der Waals surface area (Å²) in [6.07, 6.45) is -3.80. The molecular formula is C23H21F3N6O2. The maximum absolute atomic E-state index is 12.7. The van der Waals surface area contributed by atoms with Gasteiger partial charge in [-0.05, 0) is 36.8 Å². The molecule has 0 aliphatic carbocycles. The summed E-state index contributed by atoms with van der Waals surface area (Å²) < 4.78 is 45.4. The van der Waals surface area contributed by atoms with E-state index in [9.17, 15) is 18.0 Å². The normalized spacial score (nSPS) is 11.5. The number of rotatable bonds is 7. The van der Waals surface area contributed by atoms with E-state index in [-0.39, 0.29) is 12.4 Å². The van der Waals surface area contributed by atoms with Crippen LogP contribution in [-0.4, -0.2) is 33.2 Å². The minimum absolute atomic E-state index is 0.102. The molecule has 5 N–H and O–H groups in total. The summed E-state index contributed by atoms with van der Waals surface area (Å²) in [6, 6.07) is 13.3. The van der Waals surface area contributed by atoms with Gasteiger partial charge in [-0.15, -0.1) is 5.10 Å². The Balaban J connectivity index is 1.79. The first kappa shape index (κ1) is 22.9. The summed E-state index contributed by atoms with van der Waals surface area (Å²) in [4.78, 5) is 15.9. The third-order valence-corrected chi connectivity index (χ3v) is 5.09. The number of ether oxygens (including phenoxy) is 1. The van der Waals surface area contributed by atoms with Crippen LogP contribution in [0.4, 0.5) is 24.5 Å². The number of nitrogen functional groups attached to an aromatic ring is 1. The number of nitrogens with zero attached hydrogens (tertiary/aromatic N) is 3. The quantitative estimate of drug-likeness (QED) is 0.341. The van der Waals surface area contributed by atoms with E-state index in [1.165, 1.54) is 16.8 Å². The zero-order valence-electron chi connectivity index (χ0n) is 18.1. The molecule has 0 aliphatic rings. The Morgan fingerprint density at radius 2 is 1.94 bits per heavy atom. The van der Waals surface area contributed by atoms with Crippen LogP contribution in [0.15, 0.2) is 54.7 Å². The molecule has 176 valence electrons. The van der Waals surface area contributed by atoms with Gasteiger partial charge in [-0.3, -0.25) is 4.79 Å². The summed E-state index contributed by atoms with van der Waals surface area (Å²) >= 11 is 0. The van der Waals surface area contributed by atoms with Gasteiger partial charge in [0, 0.05) is 23.7 Å². The Morgan fingerprint density at radius 3 is 2.62 bits per heavy atom. The third kappa shape index (κ3) is 4.87. The number of alkyl halides is 3. The van der Waals surface area contributed by atoms with Crippen molar-refractivity contribution in [2.45, 2.75) is 19.5 Å². The highest BCUT2D eigenvalue weighted by Crippen LogP contribution is 2.31. The van der Waals surface area contributed by atoms with Crippen molar-refractivity contribution in [3.8, 4) is 22.9 Å². The largest absolute Gasteiger partial charge is 0.435 e. The van der Waals surface area contributed by atoms with Gasteiger partial charge in [0.15, 0.2) is 11.4 Å². The van der Waals surface area contributed by atoms with Crippen molar-refractivity contribution in [3.63, 3.8) is 0 Å². The van der Waals surface area contributed by atoms with Crippen LogP contribution in [0.3, 0.4) is 0 Å². The van der Waals surface area contributed by atoms with Crippen LogP contribution < -0.4 is 21.5 Å². The summed E-state index contributed by atoms with van der Waals surface area (Å²) in [5.41, 5.74) is 14.6. The molecule has 0 radical (unpaired) electrons. The third-order valence-electron chi connectivity index (χ3n) is 5.09. The average molecular weight is 470 g/mol. The zero-order valence-corrected chi connectivity index (χ0v) is 18.1. The van der Waals surface area contributed by atoms with Crippen LogP contribution in [-0.2, 0) is 0 Å². The molecule has 1 amide bonds. The summed E-state index contributed by atoms with van der Waals surface area (Å²) in [5.74, 6) is -0.101. The van der Waals surface area contributed by atoms with Gasteiger partial charge in [0.1, 0.15) is 0 Å². The number of nitrogens with one attached hydrogen (secondary N) is 1. The molecule has 0 spiro atoms. The second-order valence-electron chi connectivity index (χ2n) is 7.60. The molecule has 0 bridgehead atoms. The predicted molar refractivity (Wildman–Crippen MR) is 122 cm³/mol. The lowest BCUT2D eigenvalue weighted by Crippen LogP contribution is -2.15. The van der Waals surface area contributed by atoms with Gasteiger partial charge in [0.25, 0.3) is 0 Å². The summed E-state index contributed by atoms with van der Waals surface area (Å²) in [7, 11) is 0. The Labute approximate surface area is 192 Å². The van der Waals surface area contributed by atoms with Crippen molar-refractivity contribution in [2.24, 2.45) is 5.73 Å². The van der Waals surface area contributed by atoms with Gasteiger partial charge in [0.2, 0.25) is 11.8 Å². The molecule has 8 nitrogen and oxygen atoms in total. The topological polar surface area (TPSA) is 121 Å². The fourth-order valence-corrected chi connectivity index (χ4v) is 3.45. The molecule has 0 saturated heterocycles. The van der Waals surface area contributed by atoms with Crippen molar-refractivity contribution in [1.29, 1.82) is 0 Å². The number of hydrogen-bond donors (Lipinski definition) is 3. The highest BCUT2D eigenvalue weighted by Gasteiger charge is 2.26. The van der Waals surface area contributed by atoms with Gasteiger partial charge in [0.05, 0.1) is 29.7 Å². The van der Waals surface area contributed by atoms with E-state index < -0.39 is 18.5 Å². The molecule has 0 unspecified atom stereocenters. The average Bonchev–Trinajstić information content (AvgIpc) is 3.18. The molecule has 2 aromatic heterocycles. The van der Waals surface area contributed by atoms with E-state index in [0.29, 0.717) is 45.2 Å². The van der Waals surface area contributed by atoms with Crippen LogP contribution >= 0.6 is 0 Å². The number of anilines is 2. The van der Waals surface area contributed by atoms with Crippen molar-refractivity contribution in [2.75, 3.05) is 17.6 Å². The summed E-state index contributed by atoms with van der Waals surface area (Å²) in [5, 5.41) is 7.24. The Kier molecular flexibility index (Phi) is 6.01. The number of halogens is 3. The number of carbonyl (C=O) groups excluding carboxylic acids is 1. The summed E-state index contributed by atoms with van der Waals surface area (Å²) in [6.45, 7) is 1.39. The van der Waals surface area contributed by atoms with Crippen molar-refractivity contribution in [3.05, 3.63) is 65.9 Å². The second-order valence-corrected chi connectivity index (χ2v) is 7.60. The first-order chi connectivity index (χ1) is 16.1. The number of carbonyl (C=O) groups is 1. The maximum Gasteiger partial charge on any atom is 0.390 e. The molecule has 4 aromatic rings. The Morgan fingerprint density at radius 1 is 1.18 bits per heavy atom. The van der Waals surface area contributed by atoms with Crippen LogP contribution in [0.5, 0.6) is 11.6 Å². The highest BCUT2D eigenvalue weighted by molar-refractivity contribution is 5.94.